The van der Waals surface area contributed by atoms with Gasteiger partial charge in [-0.15, -0.1) is 0 Å². The molecule has 672 valence electrons. The van der Waals surface area contributed by atoms with E-state index in [-0.39, 0.29) is 69.7 Å². The van der Waals surface area contributed by atoms with Crippen molar-refractivity contribution in [2.45, 2.75) is 131 Å². The van der Waals surface area contributed by atoms with Gasteiger partial charge in [-0.25, -0.2) is 36.7 Å². The van der Waals surface area contributed by atoms with Crippen LogP contribution in [-0.4, -0.2) is 111 Å². The molecule has 0 bridgehead atoms. The van der Waals surface area contributed by atoms with Crippen LogP contribution < -0.4 is 10.6 Å². The largest absolute Gasteiger partial charge is 0.477 e. The quantitative estimate of drug-likeness (QED) is 0.0251. The Labute approximate surface area is 764 Å². The molecule has 0 radical (unpaired) electrons. The van der Waals surface area contributed by atoms with Crippen molar-refractivity contribution in [3.8, 4) is 89.5 Å². The number of carboxylic acids is 4. The Bertz CT molecular complexity index is 6580. The molecule has 0 aliphatic heterocycles. The molecule has 132 heavy (non-hydrogen) atoms. The summed E-state index contributed by atoms with van der Waals surface area (Å²) in [5, 5.41) is 51.0. The molecule has 0 amide bonds. The molecule has 4 aliphatic rings. The second-order valence-electron chi connectivity index (χ2n) is 35.0. The van der Waals surface area contributed by atoms with Gasteiger partial charge in [0.2, 0.25) is 0 Å². The maximum absolute atomic E-state index is 14.6. The molecule has 14 N–H and O–H groups in total. The van der Waals surface area contributed by atoms with Gasteiger partial charge in [-0.2, -0.15) is 11.8 Å². The third-order valence-electron chi connectivity index (χ3n) is 25.4. The number of rotatable bonds is 24. The number of benzene rings is 8. The molecule has 8 heterocycles. The molecule has 16 aromatic rings. The minimum atomic E-state index is -1.05. The minimum absolute atomic E-state index is 0.000263. The molecule has 8 aromatic heterocycles. The van der Waals surface area contributed by atoms with Crippen molar-refractivity contribution >= 4 is 109 Å². The molecular weight excluding hydrogens is 1690 g/mol. The zero-order valence-corrected chi connectivity index (χ0v) is 76.0. The van der Waals surface area contributed by atoms with E-state index in [4.69, 9.17) is 4.74 Å². The van der Waals surface area contributed by atoms with Crippen molar-refractivity contribution in [1.82, 2.24) is 45.2 Å². The molecule has 0 unspecified atom stereocenters. The monoisotopic (exact) mass is 1790 g/mol. The number of aromatic carboxylic acids is 4. The number of carboxylic acid groups (broad SMARTS) is 4. The number of hydrogen-bond donors (Lipinski definition) is 14. The third-order valence-corrected chi connectivity index (χ3v) is 26.0. The van der Waals surface area contributed by atoms with Gasteiger partial charge in [-0.3, -0.25) is 0 Å². The Balaban J connectivity index is 0.000000123. The lowest BCUT2D eigenvalue weighted by Gasteiger charge is -2.19. The Hall–Kier alpha value is -14.3. The molecule has 0 spiro atoms. The first kappa shape index (κ1) is 89.6. The van der Waals surface area contributed by atoms with Gasteiger partial charge in [0.25, 0.3) is 0 Å². The Morgan fingerprint density at radius 2 is 0.682 bits per heavy atom. The van der Waals surface area contributed by atoms with E-state index in [9.17, 15) is 57.2 Å². The number of anilines is 1. The fourth-order valence-corrected chi connectivity index (χ4v) is 20.7. The van der Waals surface area contributed by atoms with E-state index >= 15 is 0 Å². The molecule has 19 nitrogen and oxygen atoms in total. The summed E-state index contributed by atoms with van der Waals surface area (Å²) in [6.45, 7) is 20.1. The molecule has 8 aromatic carbocycles. The number of allylic oxidation sites excluding steroid dienone is 4. The lowest BCUT2D eigenvalue weighted by molar-refractivity contribution is 0.0681. The number of methoxy groups -OCH3 is 1. The molecule has 0 atom stereocenters. The highest BCUT2D eigenvalue weighted by atomic mass is 32.2. The van der Waals surface area contributed by atoms with Crippen LogP contribution in [0.4, 0.5) is 23.2 Å². The molecular formula is C108H102F4N10O9S. The van der Waals surface area contributed by atoms with Crippen LogP contribution in [0.5, 0.6) is 0 Å². The van der Waals surface area contributed by atoms with E-state index < -0.39 is 23.9 Å². The second-order valence-corrected chi connectivity index (χ2v) is 35.9. The average Bonchev–Trinajstić information content (AvgIpc) is 1.58. The Kier molecular flexibility index (Phi) is 25.1. The van der Waals surface area contributed by atoms with Crippen molar-refractivity contribution in [3.63, 3.8) is 0 Å². The summed E-state index contributed by atoms with van der Waals surface area (Å²) in [5.41, 5.74) is 31.1. The summed E-state index contributed by atoms with van der Waals surface area (Å²) in [7, 11) is 3.51. The van der Waals surface area contributed by atoms with Gasteiger partial charge >= 0.3 is 23.9 Å². The number of thioether (sulfide) groups is 1. The van der Waals surface area contributed by atoms with Gasteiger partial charge in [0, 0.05) is 150 Å². The standard InChI is InChI=1S/2C27H26FN3O2.C27H25FN2O3.C27H25FN2O2S/c1-14(2)22-24(23-16(13-29-3)8-7-15-5-4-6-18(15)23)26(27(32)33)31-25(22)20-11-17(28)12-21-19(20)9-10-30-21;1-4-29-20-9-8-15-6-5-7-17(15)23(20)24-22(14(2)3)25(31-26(24)27(32)33)19-12-16(28)13-21-18(19)10-11-30-21;2*1-14(2)22-24(23-16(13-33-3)8-7-15-5-4-6-18(15)23)26(27(31)32)30-25(22)20-11-17(28)12-21-19(20)9-10-29-21/h4,6-12,14,29-31H,5,13H2,1-3H3,(H,32,33);5,7-14,29-31H,4,6H2,1-3H3,(H,32,33);2*4,6-12,14,29-30H,5,13H2,1-3H3,(H,31,32). The maximum atomic E-state index is 14.6. The van der Waals surface area contributed by atoms with Gasteiger partial charge in [0.15, 0.2) is 0 Å². The number of halogens is 4. The third kappa shape index (κ3) is 16.3. The smallest absolute Gasteiger partial charge is 0.352 e. The molecule has 0 saturated carbocycles. The van der Waals surface area contributed by atoms with Crippen LogP contribution in [0, 0.1) is 23.3 Å². The highest BCUT2D eigenvalue weighted by molar-refractivity contribution is 7.97. The molecule has 20 rings (SSSR count). The first-order valence-electron chi connectivity index (χ1n) is 44.3. The zero-order chi connectivity index (χ0) is 93.1. The molecule has 24 heteroatoms. The molecule has 0 saturated heterocycles. The Morgan fingerprint density at radius 3 is 0.977 bits per heavy atom. The van der Waals surface area contributed by atoms with Crippen LogP contribution in [0.15, 0.2) is 170 Å². The lowest BCUT2D eigenvalue weighted by atomic mass is 9.85. The highest BCUT2D eigenvalue weighted by Gasteiger charge is 2.37. The van der Waals surface area contributed by atoms with Gasteiger partial charge in [-0.1, -0.05) is 146 Å². The first-order valence-corrected chi connectivity index (χ1v) is 45.7. The van der Waals surface area contributed by atoms with Crippen LogP contribution in [0.3, 0.4) is 0 Å². The van der Waals surface area contributed by atoms with Gasteiger partial charge < -0.3 is 75.7 Å². The molecule has 0 fully saturated rings. The Morgan fingerprint density at radius 1 is 0.394 bits per heavy atom. The van der Waals surface area contributed by atoms with Crippen molar-refractivity contribution in [2.24, 2.45) is 0 Å². The number of ether oxygens (including phenoxy) is 1. The topological polar surface area (TPSA) is 309 Å². The normalized spacial score (nSPS) is 12.7. The number of carbonyl (C=O) groups is 4. The number of aromatic nitrogens is 8. The van der Waals surface area contributed by atoms with E-state index in [0.29, 0.717) is 109 Å². The highest BCUT2D eigenvalue weighted by Crippen LogP contribution is 2.53. The van der Waals surface area contributed by atoms with Crippen molar-refractivity contribution < 1.29 is 61.9 Å². The van der Waals surface area contributed by atoms with Gasteiger partial charge in [0.05, 0.1) is 29.4 Å². The molecule has 4 aliphatic carbocycles. The predicted molar refractivity (Wildman–Crippen MR) is 524 cm³/mol. The second kappa shape index (κ2) is 36.9. The van der Waals surface area contributed by atoms with E-state index in [2.05, 4.69) is 149 Å². The van der Waals surface area contributed by atoms with Crippen molar-refractivity contribution in [1.29, 1.82) is 0 Å². The lowest BCUT2D eigenvalue weighted by Crippen LogP contribution is -2.10. The average molecular weight is 1790 g/mol. The summed E-state index contributed by atoms with van der Waals surface area (Å²) in [6.07, 6.45) is 29.1. The first-order chi connectivity index (χ1) is 63.6. The van der Waals surface area contributed by atoms with Crippen molar-refractivity contribution in [2.75, 3.05) is 32.3 Å². The van der Waals surface area contributed by atoms with E-state index in [0.717, 1.165) is 148 Å². The zero-order valence-electron chi connectivity index (χ0n) is 75.2. The van der Waals surface area contributed by atoms with E-state index in [1.807, 2.05) is 98.2 Å². The summed E-state index contributed by atoms with van der Waals surface area (Å²) in [4.78, 5) is 75.1. The van der Waals surface area contributed by atoms with Crippen LogP contribution in [0.1, 0.15) is 211 Å². The van der Waals surface area contributed by atoms with Crippen LogP contribution in [-0.2, 0) is 49.3 Å². The minimum Gasteiger partial charge on any atom is -0.477 e. The number of fused-ring (bicyclic) bond motifs is 8. The fourth-order valence-electron chi connectivity index (χ4n) is 20.1. The van der Waals surface area contributed by atoms with Crippen LogP contribution in [0.2, 0.25) is 0 Å². The summed E-state index contributed by atoms with van der Waals surface area (Å²) >= 11 is 1.71. The van der Waals surface area contributed by atoms with Gasteiger partial charge in [0.1, 0.15) is 46.0 Å². The van der Waals surface area contributed by atoms with E-state index in [1.165, 1.54) is 65.2 Å². The maximum Gasteiger partial charge on any atom is 0.352 e. The predicted octanol–water partition coefficient (Wildman–Crippen LogP) is 26.6. The number of H-pyrrole nitrogens is 8. The summed E-state index contributed by atoms with van der Waals surface area (Å²) < 4.78 is 63.7. The number of aromatic amines is 8. The number of hydrogen-bond acceptors (Lipinski definition) is 8. The van der Waals surface area contributed by atoms with Gasteiger partial charge in [-0.05, 0) is 249 Å². The van der Waals surface area contributed by atoms with Crippen LogP contribution >= 0.6 is 11.8 Å². The van der Waals surface area contributed by atoms with E-state index in [1.54, 1.807) is 43.7 Å². The van der Waals surface area contributed by atoms with Crippen molar-refractivity contribution in [3.05, 3.63) is 300 Å². The fraction of sp³-hybridized carbons (Fsp3) is 0.222. The van der Waals surface area contributed by atoms with Crippen LogP contribution in [0.25, 0.3) is 157 Å². The number of nitrogens with one attached hydrogen (secondary N) is 10. The summed E-state index contributed by atoms with van der Waals surface area (Å²) in [6, 6.07) is 36.0. The summed E-state index contributed by atoms with van der Waals surface area (Å²) in [5.74, 6) is -4.88. The SMILES string of the molecule is CCNc1ccc2c(c1-c1c(C(=O)O)[nH]c(-c3cc(F)cc4[nH]ccc34)c1C(C)C)C=CC2.CNCc1ccc2c(c1-c1c(C(=O)O)[nH]c(-c3cc(F)cc4[nH]ccc34)c1C(C)C)C=CC2.COCc1ccc2c(c1-c1c(C(=O)O)[nH]c(-c3cc(F)cc4[nH]ccc34)c1C(C)C)C=CC2.CSCc1ccc2c(c1-c1c(C(=O)O)[nH]c(-c3cc(F)cc4[nH]ccc34)c1C(C)C)C=CC2.